The summed E-state index contributed by atoms with van der Waals surface area (Å²) in [6.07, 6.45) is 0. The highest BCUT2D eigenvalue weighted by molar-refractivity contribution is 5.67. The van der Waals surface area contributed by atoms with Crippen LogP contribution < -0.4 is 0 Å². The number of aliphatic carboxylic acids is 1. The van der Waals surface area contributed by atoms with Crippen LogP contribution in [-0.2, 0) is 4.79 Å². The Morgan fingerprint density at radius 3 is 1.65 bits per heavy atom. The average molecular weight is 246 g/mol. The van der Waals surface area contributed by atoms with Gasteiger partial charge in [0.25, 0.3) is 0 Å². The maximum atomic E-state index is 10.5. The number of alkyl halides is 1. The van der Waals surface area contributed by atoms with Crippen molar-refractivity contribution in [2.45, 2.75) is 0 Å². The molecule has 0 aliphatic carbocycles. The summed E-state index contributed by atoms with van der Waals surface area (Å²) in [4.78, 5) is 27.9. The molecule has 0 bridgehead atoms. The first-order valence-corrected chi connectivity index (χ1v) is 4.05. The number of nitrogens with zero attached hydrogens (tertiary/aromatic N) is 2. The van der Waals surface area contributed by atoms with Gasteiger partial charge in [-0.25, -0.2) is 9.18 Å². The molecule has 1 rings (SSSR count). The number of benzene rings is 1. The largest absolute Gasteiger partial charge is 0.479 e. The van der Waals surface area contributed by atoms with Gasteiger partial charge in [0.15, 0.2) is 6.67 Å². The molecular formula is C8H7FN2O6. The van der Waals surface area contributed by atoms with E-state index in [0.29, 0.717) is 0 Å². The van der Waals surface area contributed by atoms with Crippen LogP contribution >= 0.6 is 0 Å². The summed E-state index contributed by atoms with van der Waals surface area (Å²) in [5, 5.41) is 27.8. The van der Waals surface area contributed by atoms with E-state index >= 15 is 0 Å². The zero-order chi connectivity index (χ0) is 13.4. The molecule has 1 aromatic rings. The SMILES string of the molecule is O=C(O)CF.O=[N+]([O-])c1ccccc1[N+](=O)[O-]. The highest BCUT2D eigenvalue weighted by atomic mass is 19.1. The number of carboxylic acid groups (broad SMARTS) is 1. The van der Waals surface area contributed by atoms with Gasteiger partial charge in [-0.3, -0.25) is 20.2 Å². The molecule has 0 unspecified atom stereocenters. The fraction of sp³-hybridized carbons (Fsp3) is 0.125. The maximum Gasteiger partial charge on any atom is 0.346 e. The van der Waals surface area contributed by atoms with E-state index in [0.717, 1.165) is 12.1 Å². The molecule has 0 amide bonds. The van der Waals surface area contributed by atoms with Crippen LogP contribution in [0, 0.1) is 20.2 Å². The zero-order valence-electron chi connectivity index (χ0n) is 8.28. The number of halogens is 1. The van der Waals surface area contributed by atoms with Gasteiger partial charge >= 0.3 is 17.3 Å². The number of carboxylic acids is 1. The summed E-state index contributed by atoms with van der Waals surface area (Å²) in [7, 11) is 0. The highest BCUT2D eigenvalue weighted by Gasteiger charge is 2.21. The molecule has 0 aliphatic heterocycles. The van der Waals surface area contributed by atoms with Gasteiger partial charge in [0.1, 0.15) is 0 Å². The monoisotopic (exact) mass is 246 g/mol. The van der Waals surface area contributed by atoms with Crippen molar-refractivity contribution in [3.63, 3.8) is 0 Å². The van der Waals surface area contributed by atoms with Gasteiger partial charge in [-0.1, -0.05) is 12.1 Å². The van der Waals surface area contributed by atoms with Crippen molar-refractivity contribution in [1.29, 1.82) is 0 Å². The van der Waals surface area contributed by atoms with Crippen molar-refractivity contribution in [3.05, 3.63) is 44.5 Å². The molecule has 0 aliphatic rings. The van der Waals surface area contributed by atoms with Crippen LogP contribution in [0.4, 0.5) is 15.8 Å². The van der Waals surface area contributed by atoms with Gasteiger partial charge in [0, 0.05) is 12.1 Å². The predicted octanol–water partition coefficient (Wildman–Crippen LogP) is 1.54. The molecule has 0 saturated carbocycles. The minimum atomic E-state index is -1.41. The second kappa shape index (κ2) is 6.82. The predicted molar refractivity (Wildman–Crippen MR) is 53.4 cm³/mol. The van der Waals surface area contributed by atoms with E-state index in [-0.39, 0.29) is 0 Å². The van der Waals surface area contributed by atoms with E-state index in [1.54, 1.807) is 0 Å². The minimum absolute atomic E-state index is 0.484. The lowest BCUT2D eigenvalue weighted by atomic mass is 10.3. The number of hydrogen-bond donors (Lipinski definition) is 1. The normalized spacial score (nSPS) is 8.76. The second-order valence-electron chi connectivity index (χ2n) is 2.53. The van der Waals surface area contributed by atoms with Crippen molar-refractivity contribution in [3.8, 4) is 0 Å². The van der Waals surface area contributed by atoms with Crippen molar-refractivity contribution in [1.82, 2.24) is 0 Å². The second-order valence-corrected chi connectivity index (χ2v) is 2.53. The van der Waals surface area contributed by atoms with E-state index in [1.807, 2.05) is 0 Å². The van der Waals surface area contributed by atoms with Gasteiger partial charge in [0.2, 0.25) is 0 Å². The summed E-state index contributed by atoms with van der Waals surface area (Å²) in [6.45, 7) is -1.28. The van der Waals surface area contributed by atoms with Gasteiger partial charge in [-0.2, -0.15) is 0 Å². The molecule has 0 fully saturated rings. The summed E-state index contributed by atoms with van der Waals surface area (Å²) < 4.78 is 10.5. The Hall–Kier alpha value is -2.58. The smallest absolute Gasteiger partial charge is 0.346 e. The Bertz CT molecular complexity index is 403. The lowest BCUT2D eigenvalue weighted by Gasteiger charge is -1.91. The fourth-order valence-corrected chi connectivity index (χ4v) is 0.773. The lowest BCUT2D eigenvalue weighted by Crippen LogP contribution is -1.95. The van der Waals surface area contributed by atoms with Crippen LogP contribution in [0.5, 0.6) is 0 Å². The lowest BCUT2D eigenvalue weighted by molar-refractivity contribution is -0.422. The van der Waals surface area contributed by atoms with Crippen molar-refractivity contribution in [2.75, 3.05) is 6.67 Å². The van der Waals surface area contributed by atoms with Crippen molar-refractivity contribution in [2.24, 2.45) is 0 Å². The molecule has 92 valence electrons. The molecule has 17 heavy (non-hydrogen) atoms. The first-order chi connectivity index (χ1) is 7.90. The minimum Gasteiger partial charge on any atom is -0.479 e. The number of carbonyl (C=O) groups is 1. The van der Waals surface area contributed by atoms with Crippen LogP contribution in [0.3, 0.4) is 0 Å². The standard InChI is InChI=1S/C6H4N2O4.C2H3FO2/c9-7(10)5-3-1-2-4-6(5)8(11)12;3-1-2(4)5/h1-4H;1H2,(H,4,5). The molecule has 0 radical (unpaired) electrons. The Kier molecular flexibility index (Phi) is 5.79. The molecule has 1 N–H and O–H groups in total. The first-order valence-electron chi connectivity index (χ1n) is 4.05. The van der Waals surface area contributed by atoms with E-state index in [2.05, 4.69) is 0 Å². The van der Waals surface area contributed by atoms with Crippen molar-refractivity contribution >= 4 is 17.3 Å². The van der Waals surface area contributed by atoms with Crippen LogP contribution in [0.1, 0.15) is 0 Å². The van der Waals surface area contributed by atoms with Crippen LogP contribution in [0.25, 0.3) is 0 Å². The molecular weight excluding hydrogens is 239 g/mol. The van der Waals surface area contributed by atoms with E-state index in [1.165, 1.54) is 12.1 Å². The topological polar surface area (TPSA) is 124 Å². The Labute approximate surface area is 93.6 Å². The van der Waals surface area contributed by atoms with E-state index < -0.39 is 33.9 Å². The molecule has 0 atom stereocenters. The van der Waals surface area contributed by atoms with Gasteiger partial charge < -0.3 is 5.11 Å². The average Bonchev–Trinajstić information content (AvgIpc) is 2.29. The summed E-state index contributed by atoms with van der Waals surface area (Å²) >= 11 is 0. The van der Waals surface area contributed by atoms with Crippen molar-refractivity contribution < 1.29 is 24.1 Å². The van der Waals surface area contributed by atoms with E-state index in [4.69, 9.17) is 9.90 Å². The quantitative estimate of drug-likeness (QED) is 0.637. The third-order valence-electron chi connectivity index (χ3n) is 1.39. The highest BCUT2D eigenvalue weighted by Crippen LogP contribution is 2.24. The summed E-state index contributed by atoms with van der Waals surface area (Å²) in [5.41, 5.74) is -0.968. The molecule has 1 aromatic carbocycles. The summed E-state index contributed by atoms with van der Waals surface area (Å²) in [5.74, 6) is -1.41. The van der Waals surface area contributed by atoms with Crippen LogP contribution in [0.2, 0.25) is 0 Å². The molecule has 0 heterocycles. The van der Waals surface area contributed by atoms with Gasteiger partial charge in [0.05, 0.1) is 9.85 Å². The zero-order valence-corrected chi connectivity index (χ0v) is 8.28. The molecule has 0 aromatic heterocycles. The van der Waals surface area contributed by atoms with Crippen LogP contribution in [0.15, 0.2) is 24.3 Å². The Morgan fingerprint density at radius 2 is 1.47 bits per heavy atom. The van der Waals surface area contributed by atoms with Gasteiger partial charge in [-0.15, -0.1) is 0 Å². The van der Waals surface area contributed by atoms with Crippen LogP contribution in [-0.4, -0.2) is 27.6 Å². The number of nitro groups is 2. The third-order valence-corrected chi connectivity index (χ3v) is 1.39. The number of nitro benzene ring substituents is 2. The number of hydrogen-bond acceptors (Lipinski definition) is 5. The molecule has 0 spiro atoms. The molecule has 0 saturated heterocycles. The van der Waals surface area contributed by atoms with E-state index in [9.17, 15) is 24.6 Å². The number of rotatable bonds is 3. The third kappa shape index (κ3) is 5.16. The summed E-state index contributed by atoms with van der Waals surface area (Å²) in [6, 6.07) is 4.95. The first kappa shape index (κ1) is 14.4. The Morgan fingerprint density at radius 1 is 1.18 bits per heavy atom. The molecule has 9 heteroatoms. The van der Waals surface area contributed by atoms with Gasteiger partial charge in [-0.05, 0) is 0 Å². The fourth-order valence-electron chi connectivity index (χ4n) is 0.773. The number of para-hydroxylation sites is 2. The Balaban J connectivity index is 0.000000437. The maximum absolute atomic E-state index is 10.5. The molecule has 8 nitrogen and oxygen atoms in total.